The second-order valence-corrected chi connectivity index (χ2v) is 6.48. The van der Waals surface area contributed by atoms with Crippen LogP contribution in [0.4, 0.5) is 13.2 Å². The Balaban J connectivity index is 0.00000312. The quantitative estimate of drug-likeness (QED) is 0.395. The number of nitrogens with one attached hydrogen (secondary N) is 2. The molecule has 0 fully saturated rings. The Morgan fingerprint density at radius 2 is 1.92 bits per heavy atom. The monoisotopic (exact) mass is 488 g/mol. The van der Waals surface area contributed by atoms with Crippen molar-refractivity contribution in [2.24, 2.45) is 12.0 Å². The summed E-state index contributed by atoms with van der Waals surface area (Å²) in [5, 5.41) is 10.4. The zero-order valence-electron chi connectivity index (χ0n) is 14.2. The molecule has 0 spiro atoms. The van der Waals surface area contributed by atoms with Crippen molar-refractivity contribution >= 4 is 41.3 Å². The largest absolute Gasteiger partial charge is 0.435 e. The molecule has 2 rings (SSSR count). The number of aromatic nitrogens is 3. The zero-order chi connectivity index (χ0) is 17.9. The number of aryl methyl sites for hydroxylation is 3. The molecule has 2 N–H and O–H groups in total. The molecule has 6 nitrogen and oxygen atoms in total. The summed E-state index contributed by atoms with van der Waals surface area (Å²) in [5.41, 5.74) is 0.117. The predicted molar refractivity (Wildman–Crippen MR) is 102 cm³/mol. The lowest BCUT2D eigenvalue weighted by Gasteiger charge is -2.12. The minimum atomic E-state index is -4.48. The fourth-order valence-electron chi connectivity index (χ4n) is 2.21. The molecule has 0 bridgehead atoms. The van der Waals surface area contributed by atoms with Gasteiger partial charge < -0.3 is 10.6 Å². The maximum atomic E-state index is 12.9. The van der Waals surface area contributed by atoms with Crippen LogP contribution in [0.1, 0.15) is 26.8 Å². The maximum Gasteiger partial charge on any atom is 0.435 e. The van der Waals surface area contributed by atoms with E-state index in [1.807, 2.05) is 13.8 Å². The lowest BCUT2D eigenvalue weighted by Crippen LogP contribution is -2.36. The van der Waals surface area contributed by atoms with Crippen molar-refractivity contribution in [3.8, 4) is 0 Å². The highest BCUT2D eigenvalue weighted by molar-refractivity contribution is 14.0. The average Bonchev–Trinajstić information content (AvgIpc) is 3.01. The molecule has 0 aromatic carbocycles. The lowest BCUT2D eigenvalue weighted by molar-refractivity contribution is -0.142. The van der Waals surface area contributed by atoms with E-state index >= 15 is 0 Å². The number of nitrogens with zero attached hydrogens (tertiary/aromatic N) is 4. The summed E-state index contributed by atoms with van der Waals surface area (Å²) in [6.45, 7) is 4.33. The van der Waals surface area contributed by atoms with Crippen molar-refractivity contribution in [2.75, 3.05) is 7.05 Å². The number of hydrogen-bond donors (Lipinski definition) is 2. The molecule has 0 radical (unpaired) electrons. The predicted octanol–water partition coefficient (Wildman–Crippen LogP) is 3.00. The van der Waals surface area contributed by atoms with E-state index < -0.39 is 11.9 Å². The summed E-state index contributed by atoms with van der Waals surface area (Å²) in [4.78, 5) is 9.42. The summed E-state index contributed by atoms with van der Waals surface area (Å²) in [7, 11) is 3.02. The number of guanidine groups is 1. The minimum Gasteiger partial charge on any atom is -0.352 e. The van der Waals surface area contributed by atoms with Gasteiger partial charge in [-0.1, -0.05) is 0 Å². The molecule has 2 aromatic rings. The molecule has 2 heterocycles. The molecule has 0 amide bonds. The first kappa shape index (κ1) is 21.7. The molecule has 0 saturated carbocycles. The van der Waals surface area contributed by atoms with E-state index in [2.05, 4.69) is 25.7 Å². The average molecular weight is 488 g/mol. The molecule has 0 aliphatic rings. The number of aliphatic imine (C=N–C) groups is 1. The lowest BCUT2D eigenvalue weighted by atomic mass is 10.2. The second kappa shape index (κ2) is 8.83. The molecule has 140 valence electrons. The van der Waals surface area contributed by atoms with E-state index in [0.717, 1.165) is 20.3 Å². The van der Waals surface area contributed by atoms with Crippen LogP contribution in [0.2, 0.25) is 0 Å². The van der Waals surface area contributed by atoms with Crippen LogP contribution in [0.15, 0.2) is 11.2 Å². The van der Waals surface area contributed by atoms with Gasteiger partial charge in [0.15, 0.2) is 11.7 Å². The Morgan fingerprint density at radius 3 is 2.44 bits per heavy atom. The van der Waals surface area contributed by atoms with Gasteiger partial charge in [-0.15, -0.1) is 35.3 Å². The molecule has 0 aliphatic heterocycles. The summed E-state index contributed by atoms with van der Waals surface area (Å²) in [6, 6.07) is 0. The summed E-state index contributed by atoms with van der Waals surface area (Å²) in [6.07, 6.45) is -3.13. The number of hydrogen-bond acceptors (Lipinski definition) is 4. The normalized spacial score (nSPS) is 12.0. The zero-order valence-corrected chi connectivity index (χ0v) is 17.4. The first-order valence-corrected chi connectivity index (χ1v) is 7.99. The number of thiazole rings is 1. The second-order valence-electron chi connectivity index (χ2n) is 5.20. The summed E-state index contributed by atoms with van der Waals surface area (Å²) in [5.74, 6) is 0.414. The Labute approximate surface area is 165 Å². The van der Waals surface area contributed by atoms with Gasteiger partial charge in [0.25, 0.3) is 0 Å². The maximum absolute atomic E-state index is 12.9. The molecule has 0 unspecified atom stereocenters. The van der Waals surface area contributed by atoms with Crippen molar-refractivity contribution in [3.05, 3.63) is 33.0 Å². The van der Waals surface area contributed by atoms with Gasteiger partial charge in [-0.3, -0.25) is 9.67 Å². The van der Waals surface area contributed by atoms with Crippen LogP contribution in [0.5, 0.6) is 0 Å². The highest BCUT2D eigenvalue weighted by atomic mass is 127. The topological polar surface area (TPSA) is 67.1 Å². The molecule has 0 saturated heterocycles. The van der Waals surface area contributed by atoms with Gasteiger partial charge in [0, 0.05) is 37.3 Å². The highest BCUT2D eigenvalue weighted by Crippen LogP contribution is 2.30. The van der Waals surface area contributed by atoms with Gasteiger partial charge in [0.1, 0.15) is 0 Å². The number of halogens is 4. The van der Waals surface area contributed by atoms with E-state index in [4.69, 9.17) is 0 Å². The van der Waals surface area contributed by atoms with Gasteiger partial charge in [-0.2, -0.15) is 18.3 Å². The van der Waals surface area contributed by atoms with Crippen LogP contribution in [-0.4, -0.2) is 27.8 Å². The van der Waals surface area contributed by atoms with Crippen molar-refractivity contribution in [1.82, 2.24) is 25.4 Å². The third kappa shape index (κ3) is 5.83. The van der Waals surface area contributed by atoms with Crippen LogP contribution in [-0.2, 0) is 26.3 Å². The Bertz CT molecular complexity index is 737. The van der Waals surface area contributed by atoms with E-state index in [1.165, 1.54) is 13.2 Å². The highest BCUT2D eigenvalue weighted by Gasteiger charge is 2.36. The fourth-order valence-corrected chi connectivity index (χ4v) is 3.08. The Kier molecular flexibility index (Phi) is 7.65. The van der Waals surface area contributed by atoms with E-state index in [-0.39, 0.29) is 36.1 Å². The van der Waals surface area contributed by atoms with Crippen molar-refractivity contribution in [2.45, 2.75) is 33.1 Å². The molecular formula is C14H20F3IN6S. The Hall–Kier alpha value is -1.37. The summed E-state index contributed by atoms with van der Waals surface area (Å²) >= 11 is 1.57. The van der Waals surface area contributed by atoms with Gasteiger partial charge in [0.2, 0.25) is 0 Å². The molecule has 2 aromatic heterocycles. The first-order valence-electron chi connectivity index (χ1n) is 7.18. The molecular weight excluding hydrogens is 468 g/mol. The fraction of sp³-hybridized carbons (Fsp3) is 0.500. The van der Waals surface area contributed by atoms with Gasteiger partial charge >= 0.3 is 6.18 Å². The van der Waals surface area contributed by atoms with Gasteiger partial charge in [0.05, 0.1) is 17.2 Å². The van der Waals surface area contributed by atoms with E-state index in [9.17, 15) is 13.2 Å². The van der Waals surface area contributed by atoms with Gasteiger partial charge in [-0.25, -0.2) is 4.98 Å². The summed E-state index contributed by atoms with van der Waals surface area (Å²) < 4.78 is 39.9. The molecule has 11 heteroatoms. The van der Waals surface area contributed by atoms with Gasteiger partial charge in [-0.05, 0) is 13.8 Å². The van der Waals surface area contributed by atoms with Crippen molar-refractivity contribution < 1.29 is 13.2 Å². The van der Waals surface area contributed by atoms with Crippen LogP contribution >= 0.6 is 35.3 Å². The van der Waals surface area contributed by atoms with E-state index in [1.54, 1.807) is 18.4 Å². The van der Waals surface area contributed by atoms with Crippen LogP contribution in [0.3, 0.4) is 0 Å². The van der Waals surface area contributed by atoms with Crippen molar-refractivity contribution in [1.29, 1.82) is 0 Å². The Morgan fingerprint density at radius 1 is 1.28 bits per heavy atom. The molecule has 0 atom stereocenters. The third-order valence-corrected chi connectivity index (χ3v) is 4.33. The van der Waals surface area contributed by atoms with Crippen LogP contribution in [0.25, 0.3) is 0 Å². The first-order chi connectivity index (χ1) is 11.2. The third-order valence-electron chi connectivity index (χ3n) is 3.26. The minimum absolute atomic E-state index is 0. The number of alkyl halides is 3. The van der Waals surface area contributed by atoms with Crippen LogP contribution < -0.4 is 10.6 Å². The molecule has 0 aliphatic carbocycles. The standard InChI is InChI=1S/C14H19F3N6S.HI/c1-8-11(24-9(2)21-8)6-20-13(18-3)19-5-10-7-23(4)22-12(10)14(15,16)17;/h7H,5-6H2,1-4H3,(H2,18,19,20);1H. The molecule has 25 heavy (non-hydrogen) atoms. The van der Waals surface area contributed by atoms with Crippen molar-refractivity contribution in [3.63, 3.8) is 0 Å². The van der Waals surface area contributed by atoms with Crippen LogP contribution in [0, 0.1) is 13.8 Å². The number of rotatable bonds is 4. The van der Waals surface area contributed by atoms with E-state index in [0.29, 0.717) is 12.5 Å². The SMILES string of the molecule is CN=C(NCc1cn(C)nc1C(F)(F)F)NCc1sc(C)nc1C.I. The smallest absolute Gasteiger partial charge is 0.352 e.